The molecule has 1 rings (SSSR count). The molecule has 0 aliphatic heterocycles. The molecule has 0 heterocycles. The number of anilines is 1. The maximum absolute atomic E-state index is 11.9. The summed E-state index contributed by atoms with van der Waals surface area (Å²) in [4.78, 5) is 23.1. The van der Waals surface area contributed by atoms with Gasteiger partial charge in [-0.1, -0.05) is 26.0 Å². The number of carbonyl (C=O) groups is 2. The van der Waals surface area contributed by atoms with Crippen molar-refractivity contribution >= 4 is 23.5 Å². The molecule has 0 radical (unpaired) electrons. The van der Waals surface area contributed by atoms with Crippen molar-refractivity contribution in [3.63, 3.8) is 0 Å². The third-order valence-corrected chi connectivity index (χ3v) is 3.96. The lowest BCUT2D eigenvalue weighted by molar-refractivity contribution is -0.143. The van der Waals surface area contributed by atoms with Crippen molar-refractivity contribution in [2.45, 2.75) is 39.5 Å². The first-order chi connectivity index (χ1) is 11.8. The van der Waals surface area contributed by atoms with Gasteiger partial charge in [0.2, 0.25) is 5.91 Å². The van der Waals surface area contributed by atoms with Crippen LogP contribution in [0.25, 0.3) is 0 Å². The molecule has 0 fully saturated rings. The Bertz CT molecular complexity index is 584. The molecule has 0 aliphatic carbocycles. The highest BCUT2D eigenvalue weighted by Crippen LogP contribution is 2.19. The summed E-state index contributed by atoms with van der Waals surface area (Å²) in [6.45, 7) is 4.39. The van der Waals surface area contributed by atoms with E-state index in [2.05, 4.69) is 10.6 Å². The van der Waals surface area contributed by atoms with Gasteiger partial charge in [0, 0.05) is 18.7 Å². The quantitative estimate of drug-likeness (QED) is 0.251. The number of aliphatic carboxylic acids is 1. The monoisotopic (exact) mass is 348 g/mol. The fourth-order valence-electron chi connectivity index (χ4n) is 2.44. The minimum absolute atomic E-state index is 0.0628. The van der Waals surface area contributed by atoms with E-state index in [0.29, 0.717) is 31.5 Å². The second kappa shape index (κ2) is 10.3. The van der Waals surface area contributed by atoms with Gasteiger partial charge >= 0.3 is 5.97 Å². The van der Waals surface area contributed by atoms with Crippen LogP contribution in [0.15, 0.2) is 24.3 Å². The molecular formula is C18H28N4O3. The number of carbonyl (C=O) groups excluding carboxylic acids is 1. The smallest absolute Gasteiger partial charge is 0.307 e. The number of hydrogen-bond donors (Lipinski definition) is 5. The van der Waals surface area contributed by atoms with E-state index in [1.54, 1.807) is 12.1 Å². The maximum atomic E-state index is 11.9. The molecule has 0 spiro atoms. The summed E-state index contributed by atoms with van der Waals surface area (Å²) in [7, 11) is 0. The molecule has 1 unspecified atom stereocenters. The van der Waals surface area contributed by atoms with Gasteiger partial charge in [-0.2, -0.15) is 0 Å². The average Bonchev–Trinajstić information content (AvgIpc) is 2.52. The predicted octanol–water partition coefficient (Wildman–Crippen LogP) is 2.18. The molecule has 0 aliphatic rings. The van der Waals surface area contributed by atoms with Gasteiger partial charge in [-0.05, 0) is 42.9 Å². The number of carboxylic acids is 1. The lowest BCUT2D eigenvalue weighted by Gasteiger charge is -2.16. The third-order valence-electron chi connectivity index (χ3n) is 3.96. The Morgan fingerprint density at radius 1 is 1.20 bits per heavy atom. The van der Waals surface area contributed by atoms with E-state index in [-0.39, 0.29) is 17.8 Å². The normalized spacial score (nSPS) is 11.8. The van der Waals surface area contributed by atoms with Crippen LogP contribution < -0.4 is 16.4 Å². The summed E-state index contributed by atoms with van der Waals surface area (Å²) in [6.07, 6.45) is 2.34. The zero-order chi connectivity index (χ0) is 18.8. The van der Waals surface area contributed by atoms with Crippen LogP contribution in [0.5, 0.6) is 0 Å². The van der Waals surface area contributed by atoms with Crippen molar-refractivity contribution < 1.29 is 14.7 Å². The summed E-state index contributed by atoms with van der Waals surface area (Å²) >= 11 is 0. The fourth-order valence-corrected chi connectivity index (χ4v) is 2.44. The van der Waals surface area contributed by atoms with Crippen molar-refractivity contribution in [2.24, 2.45) is 17.6 Å². The number of nitrogens with two attached hydrogens (primary N) is 1. The van der Waals surface area contributed by atoms with E-state index < -0.39 is 11.9 Å². The Morgan fingerprint density at radius 3 is 2.36 bits per heavy atom. The Balaban J connectivity index is 2.42. The van der Waals surface area contributed by atoms with Crippen LogP contribution in [-0.2, 0) is 16.0 Å². The van der Waals surface area contributed by atoms with Crippen molar-refractivity contribution in [3.8, 4) is 0 Å². The maximum Gasteiger partial charge on any atom is 0.307 e. The molecule has 7 heteroatoms. The van der Waals surface area contributed by atoms with Crippen LogP contribution in [0.4, 0.5) is 5.69 Å². The second-order valence-corrected chi connectivity index (χ2v) is 6.44. The molecule has 6 N–H and O–H groups in total. The number of unbranched alkanes of at least 4 members (excludes halogenated alkanes) is 1. The zero-order valence-electron chi connectivity index (χ0n) is 14.8. The van der Waals surface area contributed by atoms with Crippen LogP contribution in [0.2, 0.25) is 0 Å². The molecule has 0 bridgehead atoms. The summed E-state index contributed by atoms with van der Waals surface area (Å²) in [5.74, 6) is -1.27. The second-order valence-electron chi connectivity index (χ2n) is 6.44. The van der Waals surface area contributed by atoms with Crippen LogP contribution in [0.1, 0.15) is 38.7 Å². The van der Waals surface area contributed by atoms with Gasteiger partial charge in [0.05, 0.1) is 5.92 Å². The lowest BCUT2D eigenvalue weighted by atomic mass is 9.89. The number of rotatable bonds is 10. The molecule has 1 atom stereocenters. The van der Waals surface area contributed by atoms with Crippen LogP contribution >= 0.6 is 0 Å². The lowest BCUT2D eigenvalue weighted by Crippen LogP contribution is -2.30. The summed E-state index contributed by atoms with van der Waals surface area (Å²) in [5.41, 5.74) is 6.81. The number of nitrogens with one attached hydrogen (secondary N) is 3. The molecule has 25 heavy (non-hydrogen) atoms. The molecule has 0 saturated heterocycles. The summed E-state index contributed by atoms with van der Waals surface area (Å²) in [5, 5.41) is 21.8. The van der Waals surface area contributed by atoms with Crippen LogP contribution in [0.3, 0.4) is 0 Å². The van der Waals surface area contributed by atoms with E-state index in [4.69, 9.17) is 11.1 Å². The SMILES string of the molecule is CC(C)C(Cc1ccc(NC(=O)CCCCNC(=N)N)cc1)C(=O)O. The minimum atomic E-state index is -0.786. The fraction of sp³-hybridized carbons (Fsp3) is 0.500. The van der Waals surface area contributed by atoms with E-state index in [9.17, 15) is 14.7 Å². The summed E-state index contributed by atoms with van der Waals surface area (Å²) < 4.78 is 0. The number of guanidine groups is 1. The molecular weight excluding hydrogens is 320 g/mol. The Kier molecular flexibility index (Phi) is 8.46. The van der Waals surface area contributed by atoms with Crippen molar-refractivity contribution in [1.29, 1.82) is 5.41 Å². The third kappa shape index (κ3) is 8.19. The molecule has 138 valence electrons. The van der Waals surface area contributed by atoms with Crippen molar-refractivity contribution in [1.82, 2.24) is 5.32 Å². The number of hydrogen-bond acceptors (Lipinski definition) is 3. The zero-order valence-corrected chi connectivity index (χ0v) is 14.8. The highest BCUT2D eigenvalue weighted by molar-refractivity contribution is 5.90. The van der Waals surface area contributed by atoms with Gasteiger partial charge in [0.1, 0.15) is 0 Å². The Morgan fingerprint density at radius 2 is 1.84 bits per heavy atom. The van der Waals surface area contributed by atoms with Gasteiger partial charge in [-0.15, -0.1) is 0 Å². The Labute approximate surface area is 148 Å². The van der Waals surface area contributed by atoms with Gasteiger partial charge < -0.3 is 21.5 Å². The molecule has 0 aromatic heterocycles. The number of carboxylic acid groups (broad SMARTS) is 1. The minimum Gasteiger partial charge on any atom is -0.481 e. The van der Waals surface area contributed by atoms with Crippen molar-refractivity contribution in [2.75, 3.05) is 11.9 Å². The standard InChI is InChI=1S/C18H28N4O3/c1-12(2)15(17(24)25)11-13-6-8-14(9-7-13)22-16(23)5-3-4-10-21-18(19)20/h6-9,12,15H,3-5,10-11H2,1-2H3,(H,22,23)(H,24,25)(H4,19,20,21). The van der Waals surface area contributed by atoms with E-state index >= 15 is 0 Å². The molecule has 1 amide bonds. The first-order valence-corrected chi connectivity index (χ1v) is 8.49. The van der Waals surface area contributed by atoms with E-state index in [1.807, 2.05) is 26.0 Å². The van der Waals surface area contributed by atoms with Gasteiger partial charge in [0.15, 0.2) is 5.96 Å². The highest BCUT2D eigenvalue weighted by Gasteiger charge is 2.21. The highest BCUT2D eigenvalue weighted by atomic mass is 16.4. The average molecular weight is 348 g/mol. The van der Waals surface area contributed by atoms with Crippen LogP contribution in [0, 0.1) is 17.2 Å². The largest absolute Gasteiger partial charge is 0.481 e. The Hall–Kier alpha value is -2.57. The summed E-state index contributed by atoms with van der Waals surface area (Å²) in [6, 6.07) is 7.29. The van der Waals surface area contributed by atoms with Gasteiger partial charge in [-0.3, -0.25) is 15.0 Å². The van der Waals surface area contributed by atoms with Gasteiger partial charge in [-0.25, -0.2) is 0 Å². The molecule has 0 saturated carbocycles. The van der Waals surface area contributed by atoms with Crippen molar-refractivity contribution in [3.05, 3.63) is 29.8 Å². The van der Waals surface area contributed by atoms with Crippen LogP contribution in [-0.4, -0.2) is 29.5 Å². The molecule has 7 nitrogen and oxygen atoms in total. The first kappa shape index (κ1) is 20.5. The first-order valence-electron chi connectivity index (χ1n) is 8.49. The topological polar surface area (TPSA) is 128 Å². The number of benzene rings is 1. The predicted molar refractivity (Wildman–Crippen MR) is 98.5 cm³/mol. The van der Waals surface area contributed by atoms with Gasteiger partial charge in [0.25, 0.3) is 0 Å². The number of amides is 1. The molecule has 1 aromatic rings. The van der Waals surface area contributed by atoms with E-state index in [0.717, 1.165) is 12.0 Å². The molecule has 1 aromatic carbocycles. The van der Waals surface area contributed by atoms with E-state index in [1.165, 1.54) is 0 Å².